The van der Waals surface area contributed by atoms with Crippen LogP contribution >= 0.6 is 0 Å². The summed E-state index contributed by atoms with van der Waals surface area (Å²) in [6, 6.07) is 2.95. The molecule has 1 saturated carbocycles. The van der Waals surface area contributed by atoms with Gasteiger partial charge in [-0.2, -0.15) is 0 Å². The summed E-state index contributed by atoms with van der Waals surface area (Å²) in [4.78, 5) is 2.43. The minimum absolute atomic E-state index is 0.705. The fraction of sp³-hybridized carbons (Fsp3) is 0.733. The van der Waals surface area contributed by atoms with Gasteiger partial charge in [-0.3, -0.25) is 4.90 Å². The second kappa shape index (κ2) is 6.39. The molecule has 0 aromatic carbocycles. The van der Waals surface area contributed by atoms with E-state index in [0.717, 1.165) is 38.0 Å². The molecule has 1 heterocycles. The largest absolute Gasteiger partial charge is 0.468 e. The van der Waals surface area contributed by atoms with Crippen LogP contribution in [0.15, 0.2) is 16.7 Å². The number of hydrogen-bond donors (Lipinski definition) is 1. The van der Waals surface area contributed by atoms with Crippen molar-refractivity contribution in [2.75, 3.05) is 13.1 Å². The summed E-state index contributed by atoms with van der Waals surface area (Å²) in [5.41, 5.74) is 1.28. The van der Waals surface area contributed by atoms with Crippen molar-refractivity contribution in [3.63, 3.8) is 0 Å². The molecule has 2 rings (SSSR count). The molecule has 102 valence electrons. The molecule has 0 radical (unpaired) electrons. The fourth-order valence-electron chi connectivity index (χ4n) is 2.19. The smallest absolute Gasteiger partial charge is 0.118 e. The van der Waals surface area contributed by atoms with Crippen LogP contribution in [0.25, 0.3) is 0 Å². The van der Waals surface area contributed by atoms with E-state index in [1.54, 1.807) is 0 Å². The van der Waals surface area contributed by atoms with Crippen molar-refractivity contribution >= 4 is 0 Å². The Kier molecular flexibility index (Phi) is 4.84. The molecule has 0 saturated heterocycles. The molecular formula is C15H26N2O. The predicted molar refractivity (Wildman–Crippen MR) is 74.4 cm³/mol. The minimum atomic E-state index is 0.705. The standard InChI is InChI=1S/C15H26N2O/c1-4-17(9-12(2)3)10-15-7-13(11-18-15)8-16-14-5-6-14/h7,11-12,14,16H,4-6,8-10H2,1-3H3. The Hall–Kier alpha value is -0.800. The SMILES string of the molecule is CCN(Cc1cc(CNC2CC2)co1)CC(C)C. The van der Waals surface area contributed by atoms with Crippen LogP contribution < -0.4 is 5.32 Å². The number of rotatable bonds is 8. The van der Waals surface area contributed by atoms with Crippen LogP contribution in [0.5, 0.6) is 0 Å². The predicted octanol–water partition coefficient (Wildman–Crippen LogP) is 3.01. The maximum Gasteiger partial charge on any atom is 0.118 e. The third-order valence-corrected chi connectivity index (χ3v) is 3.33. The fourth-order valence-corrected chi connectivity index (χ4v) is 2.19. The Morgan fingerprint density at radius 3 is 2.83 bits per heavy atom. The lowest BCUT2D eigenvalue weighted by atomic mass is 10.2. The minimum Gasteiger partial charge on any atom is -0.468 e. The van der Waals surface area contributed by atoms with Gasteiger partial charge in [0.1, 0.15) is 5.76 Å². The second-order valence-electron chi connectivity index (χ2n) is 5.80. The van der Waals surface area contributed by atoms with Crippen molar-refractivity contribution in [2.24, 2.45) is 5.92 Å². The van der Waals surface area contributed by atoms with E-state index >= 15 is 0 Å². The zero-order chi connectivity index (χ0) is 13.0. The topological polar surface area (TPSA) is 28.4 Å². The Bertz CT molecular complexity index is 355. The summed E-state index contributed by atoms with van der Waals surface area (Å²) in [5.74, 6) is 1.79. The summed E-state index contributed by atoms with van der Waals surface area (Å²) in [6.07, 6.45) is 4.57. The van der Waals surface area contributed by atoms with Gasteiger partial charge in [-0.05, 0) is 31.4 Å². The summed E-state index contributed by atoms with van der Waals surface area (Å²) >= 11 is 0. The third kappa shape index (κ3) is 4.46. The van der Waals surface area contributed by atoms with Gasteiger partial charge >= 0.3 is 0 Å². The van der Waals surface area contributed by atoms with E-state index in [0.29, 0.717) is 5.92 Å². The number of nitrogens with one attached hydrogen (secondary N) is 1. The molecular weight excluding hydrogens is 224 g/mol. The molecule has 3 nitrogen and oxygen atoms in total. The van der Waals surface area contributed by atoms with Gasteiger partial charge in [-0.1, -0.05) is 20.8 Å². The second-order valence-corrected chi connectivity index (χ2v) is 5.80. The lowest BCUT2D eigenvalue weighted by Crippen LogP contribution is -2.26. The highest BCUT2D eigenvalue weighted by atomic mass is 16.3. The highest BCUT2D eigenvalue weighted by molar-refractivity contribution is 5.13. The maximum absolute atomic E-state index is 5.65. The number of nitrogens with zero attached hydrogens (tertiary/aromatic N) is 1. The molecule has 1 aromatic heterocycles. The van der Waals surface area contributed by atoms with Gasteiger partial charge < -0.3 is 9.73 Å². The van der Waals surface area contributed by atoms with Crippen LogP contribution in [0.1, 0.15) is 44.9 Å². The molecule has 0 spiro atoms. The van der Waals surface area contributed by atoms with Gasteiger partial charge in [-0.25, -0.2) is 0 Å². The average molecular weight is 250 g/mol. The van der Waals surface area contributed by atoms with Crippen LogP contribution in [-0.4, -0.2) is 24.0 Å². The third-order valence-electron chi connectivity index (χ3n) is 3.33. The Labute approximate surface area is 111 Å². The van der Waals surface area contributed by atoms with Crippen molar-refractivity contribution in [3.05, 3.63) is 23.7 Å². The molecule has 0 aliphatic heterocycles. The first kappa shape index (κ1) is 13.6. The van der Waals surface area contributed by atoms with E-state index < -0.39 is 0 Å². The molecule has 0 atom stereocenters. The summed E-state index contributed by atoms with van der Waals surface area (Å²) in [5, 5.41) is 3.51. The van der Waals surface area contributed by atoms with Crippen molar-refractivity contribution in [1.29, 1.82) is 0 Å². The van der Waals surface area contributed by atoms with Gasteiger partial charge in [0.05, 0.1) is 12.8 Å². The summed E-state index contributed by atoms with van der Waals surface area (Å²) in [7, 11) is 0. The van der Waals surface area contributed by atoms with E-state index in [9.17, 15) is 0 Å². The van der Waals surface area contributed by atoms with Crippen molar-refractivity contribution in [2.45, 2.75) is 52.7 Å². The van der Waals surface area contributed by atoms with Crippen LogP contribution in [0, 0.1) is 5.92 Å². The highest BCUT2D eigenvalue weighted by Gasteiger charge is 2.20. The van der Waals surface area contributed by atoms with Gasteiger partial charge in [-0.15, -0.1) is 0 Å². The molecule has 1 N–H and O–H groups in total. The van der Waals surface area contributed by atoms with E-state index in [1.807, 2.05) is 6.26 Å². The molecule has 1 aliphatic carbocycles. The maximum atomic E-state index is 5.65. The zero-order valence-corrected chi connectivity index (χ0v) is 11.9. The molecule has 18 heavy (non-hydrogen) atoms. The van der Waals surface area contributed by atoms with E-state index in [1.165, 1.54) is 18.4 Å². The Morgan fingerprint density at radius 1 is 1.44 bits per heavy atom. The van der Waals surface area contributed by atoms with Crippen LogP contribution in [0.4, 0.5) is 0 Å². The normalized spacial score (nSPS) is 15.8. The zero-order valence-electron chi connectivity index (χ0n) is 11.9. The lowest BCUT2D eigenvalue weighted by Gasteiger charge is -2.20. The van der Waals surface area contributed by atoms with Crippen molar-refractivity contribution < 1.29 is 4.42 Å². The first-order valence-electron chi connectivity index (χ1n) is 7.19. The summed E-state index contributed by atoms with van der Waals surface area (Å²) in [6.45, 7) is 10.8. The number of furan rings is 1. The average Bonchev–Trinajstić information content (AvgIpc) is 3.06. The van der Waals surface area contributed by atoms with Gasteiger partial charge in [0.2, 0.25) is 0 Å². The number of hydrogen-bond acceptors (Lipinski definition) is 3. The first-order valence-corrected chi connectivity index (χ1v) is 7.19. The quantitative estimate of drug-likeness (QED) is 0.769. The molecule has 1 fully saturated rings. The van der Waals surface area contributed by atoms with Gasteiger partial charge in [0.25, 0.3) is 0 Å². The van der Waals surface area contributed by atoms with Crippen LogP contribution in [0.2, 0.25) is 0 Å². The Balaban J connectivity index is 1.80. The van der Waals surface area contributed by atoms with Crippen molar-refractivity contribution in [3.8, 4) is 0 Å². The Morgan fingerprint density at radius 2 is 2.22 bits per heavy atom. The molecule has 1 aliphatic rings. The molecule has 0 bridgehead atoms. The molecule has 0 amide bonds. The first-order chi connectivity index (χ1) is 8.67. The van der Waals surface area contributed by atoms with E-state index in [-0.39, 0.29) is 0 Å². The van der Waals surface area contributed by atoms with E-state index in [4.69, 9.17) is 4.42 Å². The van der Waals surface area contributed by atoms with Crippen molar-refractivity contribution in [1.82, 2.24) is 10.2 Å². The van der Waals surface area contributed by atoms with Gasteiger partial charge in [0, 0.05) is 24.7 Å². The molecule has 3 heteroatoms. The van der Waals surface area contributed by atoms with Crippen LogP contribution in [0.3, 0.4) is 0 Å². The van der Waals surface area contributed by atoms with Gasteiger partial charge in [0.15, 0.2) is 0 Å². The lowest BCUT2D eigenvalue weighted by molar-refractivity contribution is 0.229. The molecule has 0 unspecified atom stereocenters. The van der Waals surface area contributed by atoms with Crippen LogP contribution in [-0.2, 0) is 13.1 Å². The summed E-state index contributed by atoms with van der Waals surface area (Å²) < 4.78 is 5.65. The monoisotopic (exact) mass is 250 g/mol. The van der Waals surface area contributed by atoms with E-state index in [2.05, 4.69) is 37.1 Å². The molecule has 1 aromatic rings. The highest BCUT2D eigenvalue weighted by Crippen LogP contribution is 2.20.